The smallest absolute Gasteiger partial charge is 0.330 e. The van der Waals surface area contributed by atoms with Gasteiger partial charge >= 0.3 is 35.5 Å². The molecule has 0 bridgehead atoms. The summed E-state index contributed by atoms with van der Waals surface area (Å²) in [5.74, 6) is -42.8. The molecular formula is C68H95F12N3. The molecule has 1 unspecified atom stereocenters. The summed E-state index contributed by atoms with van der Waals surface area (Å²) in [6, 6.07) is 19.0. The topological polar surface area (TPSA) is 32.5 Å². The number of alkyl halides is 12. The van der Waals surface area contributed by atoms with Crippen molar-refractivity contribution in [2.24, 2.45) is 5.73 Å². The zero-order valence-corrected chi connectivity index (χ0v) is 51.7. The van der Waals surface area contributed by atoms with Crippen LogP contribution in [0.4, 0.5) is 52.7 Å². The van der Waals surface area contributed by atoms with Crippen LogP contribution in [0, 0.1) is 0 Å². The molecule has 0 saturated heterocycles. The van der Waals surface area contributed by atoms with Crippen molar-refractivity contribution in [1.82, 2.24) is 9.80 Å². The summed E-state index contributed by atoms with van der Waals surface area (Å²) in [5.41, 5.74) is 5.48. The highest BCUT2D eigenvalue weighted by atomic mass is 19.4. The molecular weight excluding hydrogens is 1090 g/mol. The molecule has 0 aromatic heterocycles. The van der Waals surface area contributed by atoms with Gasteiger partial charge in [-0.05, 0) is 179 Å². The van der Waals surface area contributed by atoms with Crippen LogP contribution in [0.1, 0.15) is 216 Å². The van der Waals surface area contributed by atoms with Crippen LogP contribution < -0.4 is 5.73 Å². The van der Waals surface area contributed by atoms with Gasteiger partial charge in [-0.15, -0.1) is 0 Å². The molecule has 0 amide bonds. The van der Waals surface area contributed by atoms with Crippen molar-refractivity contribution in [2.75, 3.05) is 47.8 Å². The molecule has 1 aliphatic carbocycles. The fourth-order valence-corrected chi connectivity index (χ4v) is 13.7. The first kappa shape index (κ1) is 69.7. The second-order valence-electron chi connectivity index (χ2n) is 25.1. The van der Waals surface area contributed by atoms with Crippen LogP contribution in [-0.4, -0.2) is 81.3 Å². The lowest BCUT2D eigenvalue weighted by atomic mass is 9.53. The molecule has 0 saturated carbocycles. The molecule has 0 aliphatic heterocycles. The monoisotopic (exact) mass is 1180 g/mol. The third kappa shape index (κ3) is 12.2. The Labute approximate surface area is 489 Å². The highest BCUT2D eigenvalue weighted by Gasteiger charge is 2.90. The molecule has 0 spiro atoms. The van der Waals surface area contributed by atoms with Gasteiger partial charge in [0.05, 0.1) is 0 Å². The Hall–Kier alpha value is -4.08. The van der Waals surface area contributed by atoms with Crippen molar-refractivity contribution in [3.05, 3.63) is 129 Å². The van der Waals surface area contributed by atoms with E-state index in [0.717, 1.165) is 125 Å². The lowest BCUT2D eigenvalue weighted by Gasteiger charge is -2.51. The van der Waals surface area contributed by atoms with E-state index in [2.05, 4.69) is 89.1 Å². The molecule has 15 heteroatoms. The van der Waals surface area contributed by atoms with Crippen LogP contribution in [0.15, 0.2) is 84.9 Å². The predicted molar refractivity (Wildman–Crippen MR) is 316 cm³/mol. The maximum atomic E-state index is 16.7. The number of hydrogen-bond donors (Lipinski definition) is 1. The van der Waals surface area contributed by atoms with Crippen LogP contribution in [0.3, 0.4) is 0 Å². The van der Waals surface area contributed by atoms with Gasteiger partial charge in [0, 0.05) is 33.9 Å². The Morgan fingerprint density at radius 2 is 0.699 bits per heavy atom. The first-order valence-electron chi connectivity index (χ1n) is 30.5. The maximum Gasteiger partial charge on any atom is 0.385 e. The Morgan fingerprint density at radius 1 is 0.373 bits per heavy atom. The van der Waals surface area contributed by atoms with E-state index in [9.17, 15) is 0 Å². The molecule has 0 heterocycles. The van der Waals surface area contributed by atoms with E-state index in [1.807, 2.05) is 19.9 Å². The van der Waals surface area contributed by atoms with Gasteiger partial charge in [-0.3, -0.25) is 0 Å². The number of rotatable bonds is 34. The van der Waals surface area contributed by atoms with Crippen molar-refractivity contribution in [3.8, 4) is 11.1 Å². The van der Waals surface area contributed by atoms with Crippen molar-refractivity contribution in [3.63, 3.8) is 0 Å². The summed E-state index contributed by atoms with van der Waals surface area (Å²) >= 11 is 0. The minimum atomic E-state index is -7.77. The molecule has 4 aromatic rings. The molecule has 0 radical (unpaired) electrons. The number of halogens is 12. The number of unbranched alkanes of at least 4 members (excludes halogenated alkanes) is 6. The third-order valence-corrected chi connectivity index (χ3v) is 20.4. The highest BCUT2D eigenvalue weighted by molar-refractivity contribution is 5.82. The first-order valence-corrected chi connectivity index (χ1v) is 30.5. The second kappa shape index (κ2) is 26.5. The van der Waals surface area contributed by atoms with Crippen LogP contribution in [0.2, 0.25) is 0 Å². The van der Waals surface area contributed by atoms with Crippen LogP contribution in [0.25, 0.3) is 11.1 Å². The summed E-state index contributed by atoms with van der Waals surface area (Å²) in [4.78, 5) is 4.36. The normalized spacial score (nSPS) is 15.5. The van der Waals surface area contributed by atoms with Gasteiger partial charge in [0.25, 0.3) is 0 Å². The fraction of sp³-hybridized carbons (Fsp3) is 0.647. The zero-order valence-electron chi connectivity index (χ0n) is 51.7. The van der Waals surface area contributed by atoms with E-state index in [4.69, 9.17) is 5.73 Å². The van der Waals surface area contributed by atoms with Gasteiger partial charge in [0.1, 0.15) is 0 Å². The highest BCUT2D eigenvalue weighted by Crippen LogP contribution is 2.65. The van der Waals surface area contributed by atoms with E-state index in [1.165, 1.54) is 23.3 Å². The van der Waals surface area contributed by atoms with Gasteiger partial charge in [-0.1, -0.05) is 174 Å². The maximum absolute atomic E-state index is 16.7. The Kier molecular flexibility index (Phi) is 22.2. The first-order chi connectivity index (χ1) is 38.7. The van der Waals surface area contributed by atoms with E-state index in [-0.39, 0.29) is 48.4 Å². The summed E-state index contributed by atoms with van der Waals surface area (Å²) in [5, 5.41) is 0. The Balaban J connectivity index is 1.68. The standard InChI is InChI=1S/C68H95F12N3/c1-14-58(8,15-2)48-31-29-33-52(43-48)63(69,70)65(73,74)67(77,78)68(79,80)66(75,76)64(71,72)53-34-30-32-50(44-53)62(20-7,47-81)61(18-5,19-6)51-36-38-55-54-37-35-49(59(9,16-3)17-4)45-56(54)60(57(55)46-51,39-25-21-23-27-41-82(10)11)40-26-22-24-28-42-83(12)13/h29-38,43-46H,14-28,39-42,47,81H2,1-13H3. The van der Waals surface area contributed by atoms with Crippen molar-refractivity contribution in [2.45, 2.75) is 234 Å². The number of fused-ring (bicyclic) bond motifs is 3. The predicted octanol–water partition coefficient (Wildman–Crippen LogP) is 19.9. The number of nitrogens with zero attached hydrogens (tertiary/aromatic N) is 2. The number of benzene rings is 4. The summed E-state index contributed by atoms with van der Waals surface area (Å²) in [6.45, 7) is 18.8. The number of hydrogen-bond acceptors (Lipinski definition) is 3. The molecule has 3 nitrogen and oxygen atoms in total. The summed E-state index contributed by atoms with van der Waals surface area (Å²) in [7, 11) is 8.25. The molecule has 4 aromatic carbocycles. The van der Waals surface area contributed by atoms with Crippen molar-refractivity contribution < 1.29 is 52.7 Å². The van der Waals surface area contributed by atoms with Crippen molar-refractivity contribution in [1.29, 1.82) is 0 Å². The van der Waals surface area contributed by atoms with Crippen LogP contribution >= 0.6 is 0 Å². The Morgan fingerprint density at radius 3 is 1.07 bits per heavy atom. The van der Waals surface area contributed by atoms with E-state index in [0.29, 0.717) is 31.0 Å². The molecule has 1 aliphatic rings. The van der Waals surface area contributed by atoms with E-state index in [1.54, 1.807) is 27.7 Å². The quantitative estimate of drug-likeness (QED) is 0.0374. The van der Waals surface area contributed by atoms with Crippen LogP contribution in [0.5, 0.6) is 0 Å². The summed E-state index contributed by atoms with van der Waals surface area (Å²) < 4.78 is 192. The minimum absolute atomic E-state index is 0.0392. The van der Waals surface area contributed by atoms with Gasteiger partial charge in [0.15, 0.2) is 0 Å². The second-order valence-corrected chi connectivity index (χ2v) is 25.1. The summed E-state index contributed by atoms with van der Waals surface area (Å²) in [6.07, 6.45) is 12.9. The fourth-order valence-electron chi connectivity index (χ4n) is 13.7. The van der Waals surface area contributed by atoms with Gasteiger partial charge in [-0.25, -0.2) is 0 Å². The molecule has 466 valence electrons. The van der Waals surface area contributed by atoms with Gasteiger partial charge < -0.3 is 15.5 Å². The molecule has 2 N–H and O–H groups in total. The van der Waals surface area contributed by atoms with E-state index >= 15 is 52.7 Å². The number of nitrogens with two attached hydrogens (primary N) is 1. The minimum Gasteiger partial charge on any atom is -0.330 e. The van der Waals surface area contributed by atoms with Crippen molar-refractivity contribution >= 4 is 0 Å². The Bertz CT molecular complexity index is 2710. The van der Waals surface area contributed by atoms with Crippen LogP contribution in [-0.2, 0) is 38.9 Å². The average Bonchev–Trinajstić information content (AvgIpc) is 2.33. The zero-order chi connectivity index (χ0) is 62.5. The SMILES string of the molecule is CCC(C)(CC)c1cccc(C(F)(F)C(F)(F)C(F)(F)C(F)(F)C(F)(F)C(F)(F)c2cccc(C(CC)(CN)C(CC)(CC)c3ccc4c(c3)C(CCCCCCN(C)C)(CCCCCCN(C)C)c3cc(C(C)(CC)CC)ccc3-4)c2)c1. The largest absolute Gasteiger partial charge is 0.385 e. The molecule has 83 heavy (non-hydrogen) atoms. The van der Waals surface area contributed by atoms with E-state index < -0.39 is 68.3 Å². The molecule has 0 fully saturated rings. The third-order valence-electron chi connectivity index (χ3n) is 20.4. The molecule has 5 rings (SSSR count). The lowest BCUT2D eigenvalue weighted by Crippen LogP contribution is -2.69. The van der Waals surface area contributed by atoms with Gasteiger partial charge in [0.2, 0.25) is 0 Å². The lowest BCUT2D eigenvalue weighted by molar-refractivity contribution is -0.429. The molecule has 1 atom stereocenters. The average molecular weight is 1180 g/mol. The van der Waals surface area contributed by atoms with Gasteiger partial charge in [-0.2, -0.15) is 52.7 Å².